The highest BCUT2D eigenvalue weighted by Gasteiger charge is 2.13. The summed E-state index contributed by atoms with van der Waals surface area (Å²) in [5.74, 6) is -0.379. The lowest BCUT2D eigenvalue weighted by Gasteiger charge is -2.24. The van der Waals surface area contributed by atoms with Crippen LogP contribution in [0.4, 0.5) is 10.1 Å². The lowest BCUT2D eigenvalue weighted by atomic mass is 10.3. The number of halogens is 1. The number of carbonyl (C=O) groups excluding carboxylic acids is 1. The predicted octanol–water partition coefficient (Wildman–Crippen LogP) is 2.37. The van der Waals surface area contributed by atoms with Crippen LogP contribution in [0.3, 0.4) is 0 Å². The van der Waals surface area contributed by atoms with Gasteiger partial charge in [0, 0.05) is 18.3 Å². The van der Waals surface area contributed by atoms with Gasteiger partial charge in [0.1, 0.15) is 5.82 Å². The van der Waals surface area contributed by atoms with E-state index >= 15 is 0 Å². The van der Waals surface area contributed by atoms with Gasteiger partial charge in [0.25, 0.3) is 0 Å². The first-order valence-electron chi connectivity index (χ1n) is 6.53. The lowest BCUT2D eigenvalue weighted by molar-refractivity contribution is -0.121. The van der Waals surface area contributed by atoms with Crippen LogP contribution in [0.1, 0.15) is 20.8 Å². The Morgan fingerprint density at radius 3 is 2.45 bits per heavy atom. The summed E-state index contributed by atoms with van der Waals surface area (Å²) in [5, 5.41) is 6.25. The molecule has 0 aromatic heterocycles. The minimum Gasteiger partial charge on any atom is -0.352 e. The number of carbonyl (C=O) groups is 1. The van der Waals surface area contributed by atoms with Gasteiger partial charge in [0.15, 0.2) is 5.11 Å². The second kappa shape index (κ2) is 7.79. The summed E-state index contributed by atoms with van der Waals surface area (Å²) >= 11 is 5.26. The average Bonchev–Trinajstić information content (AvgIpc) is 2.37. The van der Waals surface area contributed by atoms with Gasteiger partial charge in [-0.25, -0.2) is 4.39 Å². The fourth-order valence-electron chi connectivity index (χ4n) is 1.60. The maximum atomic E-state index is 12.8. The Morgan fingerprint density at radius 1 is 1.35 bits per heavy atom. The Hall–Kier alpha value is -1.69. The van der Waals surface area contributed by atoms with Crippen molar-refractivity contribution < 1.29 is 9.18 Å². The second-order valence-corrected chi connectivity index (χ2v) is 5.06. The molecule has 6 heteroatoms. The van der Waals surface area contributed by atoms with Crippen LogP contribution in [0.2, 0.25) is 0 Å². The predicted molar refractivity (Wildman–Crippen MR) is 83.1 cm³/mol. The molecular formula is C14H20FN3OS. The van der Waals surface area contributed by atoms with Gasteiger partial charge in [-0.15, -0.1) is 0 Å². The van der Waals surface area contributed by atoms with E-state index in [0.29, 0.717) is 17.3 Å². The third-order valence-corrected chi connectivity index (χ3v) is 2.91. The van der Waals surface area contributed by atoms with Crippen molar-refractivity contribution in [2.75, 3.05) is 18.4 Å². The van der Waals surface area contributed by atoms with Gasteiger partial charge in [0.05, 0.1) is 6.54 Å². The van der Waals surface area contributed by atoms with E-state index in [1.807, 2.05) is 20.8 Å². The Labute approximate surface area is 124 Å². The minimum atomic E-state index is -0.301. The second-order valence-electron chi connectivity index (χ2n) is 4.67. The largest absolute Gasteiger partial charge is 0.352 e. The van der Waals surface area contributed by atoms with Gasteiger partial charge in [-0.05, 0) is 57.3 Å². The normalized spacial score (nSPS) is 10.2. The van der Waals surface area contributed by atoms with Gasteiger partial charge in [-0.3, -0.25) is 4.79 Å². The van der Waals surface area contributed by atoms with Crippen molar-refractivity contribution in [1.29, 1.82) is 0 Å². The zero-order valence-corrected chi connectivity index (χ0v) is 12.8. The van der Waals surface area contributed by atoms with Gasteiger partial charge in [-0.2, -0.15) is 0 Å². The van der Waals surface area contributed by atoms with Crippen molar-refractivity contribution in [3.05, 3.63) is 30.1 Å². The van der Waals surface area contributed by atoms with E-state index in [1.54, 1.807) is 17.0 Å². The molecule has 20 heavy (non-hydrogen) atoms. The molecule has 0 aliphatic heterocycles. The first-order chi connectivity index (χ1) is 9.42. The van der Waals surface area contributed by atoms with Crippen LogP contribution >= 0.6 is 12.2 Å². The summed E-state index contributed by atoms with van der Waals surface area (Å²) in [6.45, 7) is 6.54. The Balaban J connectivity index is 2.58. The summed E-state index contributed by atoms with van der Waals surface area (Å²) < 4.78 is 12.8. The van der Waals surface area contributed by atoms with Crippen LogP contribution in [0.15, 0.2) is 24.3 Å². The quantitative estimate of drug-likeness (QED) is 0.819. The third-order valence-electron chi connectivity index (χ3n) is 2.55. The molecular weight excluding hydrogens is 277 g/mol. The summed E-state index contributed by atoms with van der Waals surface area (Å²) in [4.78, 5) is 13.5. The van der Waals surface area contributed by atoms with Gasteiger partial charge >= 0.3 is 0 Å². The van der Waals surface area contributed by atoms with Gasteiger partial charge < -0.3 is 15.5 Å². The smallest absolute Gasteiger partial charge is 0.239 e. The molecule has 4 nitrogen and oxygen atoms in total. The van der Waals surface area contributed by atoms with Crippen molar-refractivity contribution in [3.63, 3.8) is 0 Å². The van der Waals surface area contributed by atoms with Crippen molar-refractivity contribution in [3.8, 4) is 0 Å². The summed E-state index contributed by atoms with van der Waals surface area (Å²) in [6, 6.07) is 6.01. The van der Waals surface area contributed by atoms with Crippen LogP contribution in [-0.2, 0) is 4.79 Å². The highest BCUT2D eigenvalue weighted by molar-refractivity contribution is 7.80. The molecule has 0 aliphatic rings. The standard InChI is InChI=1S/C14H20FN3OS/c1-4-18(9-13(19)16-10(2)3)14(20)17-12-7-5-11(15)6-8-12/h5-8,10H,4,9H2,1-3H3,(H,16,19)(H,17,20). The fourth-order valence-corrected chi connectivity index (χ4v) is 1.92. The summed E-state index contributed by atoms with van der Waals surface area (Å²) in [5.41, 5.74) is 0.694. The molecule has 1 rings (SSSR count). The van der Waals surface area contributed by atoms with Crippen molar-refractivity contribution in [2.24, 2.45) is 0 Å². The fraction of sp³-hybridized carbons (Fsp3) is 0.429. The van der Waals surface area contributed by atoms with E-state index < -0.39 is 0 Å². The molecule has 110 valence electrons. The van der Waals surface area contributed by atoms with Crippen LogP contribution in [-0.4, -0.2) is 35.1 Å². The zero-order valence-electron chi connectivity index (χ0n) is 11.9. The Kier molecular flexibility index (Phi) is 6.38. The van der Waals surface area contributed by atoms with Crippen LogP contribution in [0.5, 0.6) is 0 Å². The molecule has 0 aliphatic carbocycles. The first-order valence-corrected chi connectivity index (χ1v) is 6.94. The lowest BCUT2D eigenvalue weighted by Crippen LogP contribution is -2.44. The van der Waals surface area contributed by atoms with Crippen LogP contribution < -0.4 is 10.6 Å². The average molecular weight is 297 g/mol. The number of amides is 1. The number of likely N-dealkylation sites (N-methyl/N-ethyl adjacent to an activating group) is 1. The van der Waals surface area contributed by atoms with Crippen molar-refractivity contribution >= 4 is 28.9 Å². The monoisotopic (exact) mass is 297 g/mol. The molecule has 0 unspecified atom stereocenters. The molecule has 1 amide bonds. The van der Waals surface area contributed by atoms with E-state index in [9.17, 15) is 9.18 Å². The highest BCUT2D eigenvalue weighted by Crippen LogP contribution is 2.09. The van der Waals surface area contributed by atoms with E-state index in [1.165, 1.54) is 12.1 Å². The van der Waals surface area contributed by atoms with E-state index in [2.05, 4.69) is 10.6 Å². The molecule has 0 radical (unpaired) electrons. The maximum Gasteiger partial charge on any atom is 0.239 e. The molecule has 2 N–H and O–H groups in total. The van der Waals surface area contributed by atoms with Crippen LogP contribution in [0.25, 0.3) is 0 Å². The summed E-state index contributed by atoms with van der Waals surface area (Å²) in [6.07, 6.45) is 0. The number of nitrogens with one attached hydrogen (secondary N) is 2. The number of thiocarbonyl (C=S) groups is 1. The van der Waals surface area contributed by atoms with Crippen molar-refractivity contribution in [1.82, 2.24) is 10.2 Å². The molecule has 0 spiro atoms. The van der Waals surface area contributed by atoms with Gasteiger partial charge in [0.2, 0.25) is 5.91 Å². The maximum absolute atomic E-state index is 12.8. The SMILES string of the molecule is CCN(CC(=O)NC(C)C)C(=S)Nc1ccc(F)cc1. The topological polar surface area (TPSA) is 44.4 Å². The van der Waals surface area contributed by atoms with E-state index in [0.717, 1.165) is 0 Å². The van der Waals surface area contributed by atoms with Crippen molar-refractivity contribution in [2.45, 2.75) is 26.8 Å². The number of anilines is 1. The Bertz CT molecular complexity index is 462. The molecule has 0 bridgehead atoms. The number of hydrogen-bond donors (Lipinski definition) is 2. The number of hydrogen-bond acceptors (Lipinski definition) is 2. The minimum absolute atomic E-state index is 0.0786. The number of benzene rings is 1. The molecule has 0 atom stereocenters. The third kappa shape index (κ3) is 5.52. The molecule has 1 aromatic rings. The number of rotatable bonds is 5. The van der Waals surface area contributed by atoms with Crippen LogP contribution in [0, 0.1) is 5.82 Å². The zero-order chi connectivity index (χ0) is 15.1. The van der Waals surface area contributed by atoms with E-state index in [4.69, 9.17) is 12.2 Å². The summed E-state index contributed by atoms with van der Waals surface area (Å²) in [7, 11) is 0. The first kappa shape index (κ1) is 16.4. The highest BCUT2D eigenvalue weighted by atomic mass is 32.1. The molecule has 0 saturated heterocycles. The Morgan fingerprint density at radius 2 is 1.95 bits per heavy atom. The van der Waals surface area contributed by atoms with Gasteiger partial charge in [-0.1, -0.05) is 0 Å². The molecule has 1 aromatic carbocycles. The van der Waals surface area contributed by atoms with E-state index in [-0.39, 0.29) is 24.3 Å². The number of nitrogens with zero attached hydrogens (tertiary/aromatic N) is 1. The molecule has 0 fully saturated rings. The molecule has 0 saturated carbocycles. The molecule has 0 heterocycles.